The van der Waals surface area contributed by atoms with Gasteiger partial charge in [-0.3, -0.25) is 4.79 Å². The molecule has 3 heteroatoms. The molecule has 1 aliphatic rings. The first-order valence-corrected chi connectivity index (χ1v) is 6.81. The minimum atomic E-state index is -0.740. The molecule has 0 bridgehead atoms. The quantitative estimate of drug-likeness (QED) is 0.866. The minimum absolute atomic E-state index is 0.0488. The molecular weight excluding hydrogens is 252 g/mol. The predicted octanol–water partition coefficient (Wildman–Crippen LogP) is 3.09. The summed E-state index contributed by atoms with van der Waals surface area (Å²) in [6.45, 7) is 4.02. The second kappa shape index (κ2) is 4.69. The summed E-state index contributed by atoms with van der Waals surface area (Å²) in [4.78, 5) is 12.4. The van der Waals surface area contributed by atoms with Crippen LogP contribution in [0.1, 0.15) is 39.6 Å². The molecule has 0 heterocycles. The molecule has 0 aliphatic heterocycles. The van der Waals surface area contributed by atoms with Crippen molar-refractivity contribution in [2.45, 2.75) is 32.5 Å². The van der Waals surface area contributed by atoms with Gasteiger partial charge in [-0.25, -0.2) is 0 Å². The van der Waals surface area contributed by atoms with Crippen molar-refractivity contribution in [2.24, 2.45) is 0 Å². The number of aryl methyl sites for hydroxylation is 2. The molecule has 0 saturated heterocycles. The number of benzene rings is 2. The number of rotatable bonds is 1. The van der Waals surface area contributed by atoms with E-state index in [1.54, 1.807) is 0 Å². The Hall–Kier alpha value is -1.71. The molecule has 2 atom stereocenters. The number of ether oxygens (including phenoxy) is 1. The first-order valence-electron chi connectivity index (χ1n) is 6.81. The Balaban J connectivity index is 2.36. The topological polar surface area (TPSA) is 46.5 Å². The maximum absolute atomic E-state index is 12.4. The number of hydrogen-bond donors (Lipinski definition) is 1. The maximum atomic E-state index is 12.4. The van der Waals surface area contributed by atoms with Crippen LogP contribution in [0.15, 0.2) is 24.3 Å². The van der Waals surface area contributed by atoms with E-state index in [1.165, 1.54) is 7.11 Å². The summed E-state index contributed by atoms with van der Waals surface area (Å²) >= 11 is 0. The van der Waals surface area contributed by atoms with Gasteiger partial charge in [-0.2, -0.15) is 0 Å². The van der Waals surface area contributed by atoms with Crippen molar-refractivity contribution in [3.63, 3.8) is 0 Å². The third kappa shape index (κ3) is 1.86. The third-order valence-electron chi connectivity index (χ3n) is 4.17. The van der Waals surface area contributed by atoms with E-state index in [4.69, 9.17) is 4.74 Å². The maximum Gasteiger partial charge on any atom is 0.166 e. The molecule has 0 spiro atoms. The highest BCUT2D eigenvalue weighted by Crippen LogP contribution is 2.37. The number of methoxy groups -OCH3 is 1. The zero-order valence-corrected chi connectivity index (χ0v) is 11.9. The fourth-order valence-corrected chi connectivity index (χ4v) is 3.10. The van der Waals surface area contributed by atoms with Crippen LogP contribution in [-0.4, -0.2) is 24.1 Å². The van der Waals surface area contributed by atoms with E-state index in [0.717, 1.165) is 21.9 Å². The summed E-state index contributed by atoms with van der Waals surface area (Å²) in [5.41, 5.74) is 3.54. The highest BCUT2D eigenvalue weighted by molar-refractivity contribution is 6.11. The monoisotopic (exact) mass is 270 g/mol. The number of carbonyl (C=O) groups excluding carboxylic acids is 1. The van der Waals surface area contributed by atoms with Crippen LogP contribution in [0.2, 0.25) is 0 Å². The second-order valence-corrected chi connectivity index (χ2v) is 5.55. The van der Waals surface area contributed by atoms with Crippen molar-refractivity contribution in [3.8, 4) is 0 Å². The van der Waals surface area contributed by atoms with Gasteiger partial charge in [0.05, 0.1) is 6.10 Å². The van der Waals surface area contributed by atoms with Gasteiger partial charge in [0.2, 0.25) is 0 Å². The summed E-state index contributed by atoms with van der Waals surface area (Å²) in [5.74, 6) is 0.0488. The van der Waals surface area contributed by atoms with Gasteiger partial charge in [-0.05, 0) is 35.7 Å². The average Bonchev–Trinajstić information content (AvgIpc) is 2.42. The molecule has 2 unspecified atom stereocenters. The van der Waals surface area contributed by atoms with Gasteiger partial charge in [-0.1, -0.05) is 29.8 Å². The van der Waals surface area contributed by atoms with Crippen molar-refractivity contribution in [1.29, 1.82) is 0 Å². The first kappa shape index (κ1) is 13.3. The zero-order chi connectivity index (χ0) is 14.4. The van der Waals surface area contributed by atoms with Crippen LogP contribution in [0.5, 0.6) is 0 Å². The zero-order valence-electron chi connectivity index (χ0n) is 11.9. The van der Waals surface area contributed by atoms with Gasteiger partial charge < -0.3 is 9.84 Å². The van der Waals surface area contributed by atoms with Gasteiger partial charge in [0, 0.05) is 19.1 Å². The van der Waals surface area contributed by atoms with Crippen molar-refractivity contribution in [1.82, 2.24) is 0 Å². The molecule has 3 nitrogen and oxygen atoms in total. The smallest absolute Gasteiger partial charge is 0.166 e. The Morgan fingerprint density at radius 3 is 2.65 bits per heavy atom. The Labute approximate surface area is 118 Å². The minimum Gasteiger partial charge on any atom is -0.386 e. The molecule has 2 aromatic rings. The predicted molar refractivity (Wildman–Crippen MR) is 78.1 cm³/mol. The van der Waals surface area contributed by atoms with E-state index < -0.39 is 12.2 Å². The molecule has 3 rings (SSSR count). The molecular formula is C17H18O3. The summed E-state index contributed by atoms with van der Waals surface area (Å²) in [5, 5.41) is 12.4. The van der Waals surface area contributed by atoms with Crippen LogP contribution >= 0.6 is 0 Å². The van der Waals surface area contributed by atoms with Crippen LogP contribution in [0, 0.1) is 13.8 Å². The van der Waals surface area contributed by atoms with Crippen LogP contribution in [0.4, 0.5) is 0 Å². The van der Waals surface area contributed by atoms with E-state index >= 15 is 0 Å². The van der Waals surface area contributed by atoms with Gasteiger partial charge >= 0.3 is 0 Å². The average molecular weight is 270 g/mol. The molecule has 0 amide bonds. The molecule has 0 fully saturated rings. The lowest BCUT2D eigenvalue weighted by Crippen LogP contribution is -2.31. The van der Waals surface area contributed by atoms with Crippen LogP contribution in [0.3, 0.4) is 0 Å². The lowest BCUT2D eigenvalue weighted by molar-refractivity contribution is -0.0190. The highest BCUT2D eigenvalue weighted by atomic mass is 16.5. The number of aliphatic hydroxyl groups is 1. The molecule has 1 N–H and O–H groups in total. The van der Waals surface area contributed by atoms with Gasteiger partial charge in [0.15, 0.2) is 5.78 Å². The molecule has 104 valence electrons. The first-order chi connectivity index (χ1) is 9.52. The Morgan fingerprint density at radius 1 is 1.20 bits per heavy atom. The molecule has 0 aromatic heterocycles. The van der Waals surface area contributed by atoms with E-state index in [0.29, 0.717) is 11.1 Å². The fourth-order valence-electron chi connectivity index (χ4n) is 3.10. The highest BCUT2D eigenvalue weighted by Gasteiger charge is 2.34. The summed E-state index contributed by atoms with van der Waals surface area (Å²) < 4.78 is 5.24. The van der Waals surface area contributed by atoms with Crippen LogP contribution < -0.4 is 0 Å². The third-order valence-corrected chi connectivity index (χ3v) is 4.17. The van der Waals surface area contributed by atoms with E-state index in [-0.39, 0.29) is 12.2 Å². The van der Waals surface area contributed by atoms with Crippen molar-refractivity contribution < 1.29 is 14.6 Å². The number of ketones is 1. The number of hydrogen-bond acceptors (Lipinski definition) is 3. The van der Waals surface area contributed by atoms with Crippen LogP contribution in [0.25, 0.3) is 10.8 Å². The Kier molecular flexibility index (Phi) is 3.11. The lowest BCUT2D eigenvalue weighted by atomic mass is 9.81. The van der Waals surface area contributed by atoms with Crippen molar-refractivity contribution >= 4 is 16.6 Å². The normalized spacial score (nSPS) is 22.1. The summed E-state index contributed by atoms with van der Waals surface area (Å²) in [6, 6.07) is 8.03. The summed E-state index contributed by atoms with van der Waals surface area (Å²) in [7, 11) is 1.53. The van der Waals surface area contributed by atoms with Crippen molar-refractivity contribution in [2.75, 3.05) is 7.11 Å². The van der Waals surface area contributed by atoms with E-state index in [9.17, 15) is 9.90 Å². The number of aliphatic hydroxyl groups excluding tert-OH is 1. The van der Waals surface area contributed by atoms with Crippen LogP contribution in [-0.2, 0) is 4.74 Å². The van der Waals surface area contributed by atoms with Crippen molar-refractivity contribution in [3.05, 3.63) is 46.5 Å². The Morgan fingerprint density at radius 2 is 1.95 bits per heavy atom. The molecule has 0 radical (unpaired) electrons. The molecule has 1 aliphatic carbocycles. The fraction of sp³-hybridized carbons (Fsp3) is 0.353. The van der Waals surface area contributed by atoms with Gasteiger partial charge in [0.1, 0.15) is 6.10 Å². The number of fused-ring (bicyclic) bond motifs is 3. The second-order valence-electron chi connectivity index (χ2n) is 5.55. The van der Waals surface area contributed by atoms with Gasteiger partial charge in [-0.15, -0.1) is 0 Å². The standard InChI is InChI=1S/C17H18O3/c1-9-4-5-11-10(2)7-13-16(12(11)6-9)14(18)8-15(20-3)17(13)19/h4-7,15,17,19H,8H2,1-3H3. The Bertz CT molecular complexity index is 703. The van der Waals surface area contributed by atoms with E-state index in [2.05, 4.69) is 0 Å². The largest absolute Gasteiger partial charge is 0.386 e. The summed E-state index contributed by atoms with van der Waals surface area (Å²) in [6.07, 6.45) is -0.954. The lowest BCUT2D eigenvalue weighted by Gasteiger charge is -2.29. The molecule has 0 saturated carbocycles. The number of Topliss-reactive ketones (excluding diaryl/α,β-unsaturated/α-hetero) is 1. The van der Waals surface area contributed by atoms with Gasteiger partial charge in [0.25, 0.3) is 0 Å². The SMILES string of the molecule is COC1CC(=O)c2c(cc(C)c3ccc(C)cc23)C1O. The molecule has 20 heavy (non-hydrogen) atoms. The number of carbonyl (C=O) groups is 1. The van der Waals surface area contributed by atoms with E-state index in [1.807, 2.05) is 38.1 Å². The molecule has 2 aromatic carbocycles.